The van der Waals surface area contributed by atoms with Crippen LogP contribution in [0.3, 0.4) is 0 Å². The van der Waals surface area contributed by atoms with Gasteiger partial charge in [-0.1, -0.05) is 46.8 Å². The fraction of sp³-hybridized carbons (Fsp3) is 0.167. The fourth-order valence-electron chi connectivity index (χ4n) is 2.14. The van der Waals surface area contributed by atoms with Gasteiger partial charge in [0.25, 0.3) is 0 Å². The molecule has 140 valence electrons. The van der Waals surface area contributed by atoms with Gasteiger partial charge >= 0.3 is 0 Å². The quantitative estimate of drug-likeness (QED) is 0.525. The number of nitrogens with one attached hydrogen (secondary N) is 2. The number of carbonyl (C=O) groups is 1. The molecule has 0 aliphatic heterocycles. The van der Waals surface area contributed by atoms with Crippen molar-refractivity contribution < 1.29 is 9.53 Å². The number of hydrogen-bond donors (Lipinski definition) is 2. The molecule has 1 aromatic heterocycles. The molecular weight excluding hydrogens is 404 g/mol. The number of thioether (sulfide) groups is 1. The van der Waals surface area contributed by atoms with Crippen LogP contribution in [0.25, 0.3) is 0 Å². The molecule has 6 nitrogen and oxygen atoms in total. The van der Waals surface area contributed by atoms with Crippen LogP contribution >= 0.6 is 34.7 Å². The Balaban J connectivity index is 1.52. The molecular formula is C18H17ClN4O2S2. The summed E-state index contributed by atoms with van der Waals surface area (Å²) in [6.45, 7) is 1.91. The summed E-state index contributed by atoms with van der Waals surface area (Å²) in [5.74, 6) is 0.864. The molecule has 0 saturated carbocycles. The molecule has 1 amide bonds. The second-order valence-corrected chi connectivity index (χ2v) is 8.14. The van der Waals surface area contributed by atoms with Crippen LogP contribution in [0.5, 0.6) is 5.75 Å². The monoisotopic (exact) mass is 420 g/mol. The van der Waals surface area contributed by atoms with Gasteiger partial charge in [-0.15, -0.1) is 10.2 Å². The Morgan fingerprint density at radius 2 is 2.07 bits per heavy atom. The molecule has 9 heteroatoms. The minimum atomic E-state index is -0.127. The van der Waals surface area contributed by atoms with Gasteiger partial charge in [-0.05, 0) is 36.8 Å². The number of rotatable bonds is 7. The zero-order chi connectivity index (χ0) is 19.2. The number of aromatic nitrogens is 2. The van der Waals surface area contributed by atoms with Crippen LogP contribution in [-0.2, 0) is 4.79 Å². The molecule has 0 fully saturated rings. The summed E-state index contributed by atoms with van der Waals surface area (Å²) in [5.41, 5.74) is 2.50. The number of ether oxygens (including phenoxy) is 1. The molecule has 0 aliphatic carbocycles. The highest BCUT2D eigenvalue weighted by molar-refractivity contribution is 8.01. The number of halogens is 1. The Morgan fingerprint density at radius 1 is 1.22 bits per heavy atom. The molecule has 0 unspecified atom stereocenters. The average molecular weight is 421 g/mol. The molecule has 27 heavy (non-hydrogen) atoms. The third kappa shape index (κ3) is 5.59. The number of aryl methyl sites for hydroxylation is 1. The van der Waals surface area contributed by atoms with Crippen LogP contribution in [0, 0.1) is 6.92 Å². The predicted molar refractivity (Wildman–Crippen MR) is 112 cm³/mol. The first kappa shape index (κ1) is 19.5. The third-order valence-corrected chi connectivity index (χ3v) is 5.89. The van der Waals surface area contributed by atoms with Crippen molar-refractivity contribution >= 4 is 57.1 Å². The summed E-state index contributed by atoms with van der Waals surface area (Å²) in [7, 11) is 1.62. The summed E-state index contributed by atoms with van der Waals surface area (Å²) in [5, 5.41) is 15.5. The molecule has 0 aliphatic rings. The number of nitrogens with zero attached hydrogens (tertiary/aromatic N) is 2. The van der Waals surface area contributed by atoms with Crippen molar-refractivity contribution in [1.82, 2.24) is 10.2 Å². The Morgan fingerprint density at radius 3 is 2.85 bits per heavy atom. The summed E-state index contributed by atoms with van der Waals surface area (Å²) in [6.07, 6.45) is 0. The van der Waals surface area contributed by atoms with Crippen LogP contribution in [-0.4, -0.2) is 29.0 Å². The van der Waals surface area contributed by atoms with Crippen molar-refractivity contribution in [3.8, 4) is 5.75 Å². The topological polar surface area (TPSA) is 76.1 Å². The van der Waals surface area contributed by atoms with Gasteiger partial charge in [0.2, 0.25) is 11.0 Å². The largest absolute Gasteiger partial charge is 0.497 e. The first-order chi connectivity index (χ1) is 13.0. The Hall–Kier alpha value is -2.29. The molecule has 2 aromatic carbocycles. The van der Waals surface area contributed by atoms with Gasteiger partial charge in [-0.2, -0.15) is 0 Å². The highest BCUT2D eigenvalue weighted by atomic mass is 35.5. The molecule has 2 N–H and O–H groups in total. The second-order valence-electron chi connectivity index (χ2n) is 5.53. The third-order valence-electron chi connectivity index (χ3n) is 3.51. The van der Waals surface area contributed by atoms with E-state index in [9.17, 15) is 4.79 Å². The Kier molecular flexibility index (Phi) is 6.54. The molecule has 0 atom stereocenters. The maximum Gasteiger partial charge on any atom is 0.234 e. The fourth-order valence-corrected chi connectivity index (χ4v) is 3.89. The van der Waals surface area contributed by atoms with Crippen molar-refractivity contribution in [3.63, 3.8) is 0 Å². The summed E-state index contributed by atoms with van der Waals surface area (Å²) >= 11 is 8.78. The highest BCUT2D eigenvalue weighted by Crippen LogP contribution is 2.29. The van der Waals surface area contributed by atoms with E-state index in [4.69, 9.17) is 16.3 Å². The summed E-state index contributed by atoms with van der Waals surface area (Å²) < 4.78 is 5.90. The minimum Gasteiger partial charge on any atom is -0.497 e. The van der Waals surface area contributed by atoms with Crippen LogP contribution in [0.2, 0.25) is 5.02 Å². The molecule has 3 aromatic rings. The van der Waals surface area contributed by atoms with Crippen LogP contribution in [0.4, 0.5) is 16.5 Å². The van der Waals surface area contributed by atoms with Crippen LogP contribution in [0.1, 0.15) is 5.56 Å². The molecule has 0 spiro atoms. The van der Waals surface area contributed by atoms with Gasteiger partial charge < -0.3 is 15.4 Å². The first-order valence-electron chi connectivity index (χ1n) is 7.97. The lowest BCUT2D eigenvalue weighted by Crippen LogP contribution is -2.13. The van der Waals surface area contributed by atoms with Crippen molar-refractivity contribution in [2.75, 3.05) is 23.5 Å². The Labute approximate surface area is 170 Å². The summed E-state index contributed by atoms with van der Waals surface area (Å²) in [4.78, 5) is 12.1. The normalized spacial score (nSPS) is 10.5. The van der Waals surface area contributed by atoms with Crippen molar-refractivity contribution in [1.29, 1.82) is 0 Å². The second kappa shape index (κ2) is 9.07. The van der Waals surface area contributed by atoms with E-state index >= 15 is 0 Å². The number of amides is 1. The van der Waals surface area contributed by atoms with Gasteiger partial charge in [0.1, 0.15) is 5.75 Å². The summed E-state index contributed by atoms with van der Waals surface area (Å²) in [6, 6.07) is 13.0. The number of carbonyl (C=O) groups excluding carboxylic acids is 1. The lowest BCUT2D eigenvalue weighted by Gasteiger charge is -2.06. The molecule has 0 saturated heterocycles. The number of anilines is 3. The van der Waals surface area contributed by atoms with E-state index in [0.29, 0.717) is 20.2 Å². The zero-order valence-electron chi connectivity index (χ0n) is 14.7. The SMILES string of the molecule is COc1cccc(Nc2nnc(SCC(=O)Nc3ccc(C)c(Cl)c3)s2)c1. The van der Waals surface area contributed by atoms with Gasteiger partial charge in [0.15, 0.2) is 4.34 Å². The molecule has 0 radical (unpaired) electrons. The lowest BCUT2D eigenvalue weighted by atomic mass is 10.2. The number of methoxy groups -OCH3 is 1. The maximum absolute atomic E-state index is 12.1. The smallest absolute Gasteiger partial charge is 0.234 e. The maximum atomic E-state index is 12.1. The molecule has 0 bridgehead atoms. The van der Waals surface area contributed by atoms with E-state index in [1.165, 1.54) is 23.1 Å². The van der Waals surface area contributed by atoms with Gasteiger partial charge in [0.05, 0.1) is 12.9 Å². The van der Waals surface area contributed by atoms with Crippen LogP contribution < -0.4 is 15.4 Å². The van der Waals surface area contributed by atoms with Crippen molar-refractivity contribution in [2.45, 2.75) is 11.3 Å². The van der Waals surface area contributed by atoms with Gasteiger partial charge in [-0.3, -0.25) is 4.79 Å². The molecule has 3 rings (SSSR count). The lowest BCUT2D eigenvalue weighted by molar-refractivity contribution is -0.113. The molecule has 1 heterocycles. The van der Waals surface area contributed by atoms with Crippen molar-refractivity contribution in [2.24, 2.45) is 0 Å². The standard InChI is InChI=1S/C18H17ClN4O2S2/c1-11-6-7-13(9-15(11)19)20-16(24)10-26-18-23-22-17(27-18)21-12-4-3-5-14(8-12)25-2/h3-9H,10H2,1-2H3,(H,20,24)(H,21,22). The van der Waals surface area contributed by atoms with E-state index in [1.807, 2.05) is 43.3 Å². The predicted octanol–water partition coefficient (Wildman–Crippen LogP) is 4.98. The Bertz CT molecular complexity index is 949. The van der Waals surface area contributed by atoms with Crippen LogP contribution in [0.15, 0.2) is 46.8 Å². The number of benzene rings is 2. The van der Waals surface area contributed by atoms with E-state index < -0.39 is 0 Å². The average Bonchev–Trinajstić information content (AvgIpc) is 3.10. The minimum absolute atomic E-state index is 0.127. The van der Waals surface area contributed by atoms with E-state index in [0.717, 1.165) is 17.0 Å². The van der Waals surface area contributed by atoms with Gasteiger partial charge in [0, 0.05) is 22.5 Å². The first-order valence-corrected chi connectivity index (χ1v) is 10.1. The zero-order valence-corrected chi connectivity index (χ0v) is 17.0. The van der Waals surface area contributed by atoms with E-state index in [1.54, 1.807) is 13.2 Å². The highest BCUT2D eigenvalue weighted by Gasteiger charge is 2.09. The number of hydrogen-bond acceptors (Lipinski definition) is 7. The van der Waals surface area contributed by atoms with E-state index in [2.05, 4.69) is 20.8 Å². The van der Waals surface area contributed by atoms with Crippen molar-refractivity contribution in [3.05, 3.63) is 53.1 Å². The van der Waals surface area contributed by atoms with Gasteiger partial charge in [-0.25, -0.2) is 0 Å². The van der Waals surface area contributed by atoms with E-state index in [-0.39, 0.29) is 11.7 Å².